The summed E-state index contributed by atoms with van der Waals surface area (Å²) in [5.74, 6) is 0. The fraction of sp³-hybridized carbons (Fsp3) is 0.111. The standard InChI is InChI=1S/C18H19BO2/c1-3-15-6-8-16(9-7-15)5-4-14(2)17-10-12-18(13-11-17)19(20)21/h3,6-13,20-21H,1-2,4-5H2. The summed E-state index contributed by atoms with van der Waals surface area (Å²) in [6, 6.07) is 15.5. The Balaban J connectivity index is 1.95. The van der Waals surface area contributed by atoms with E-state index in [1.807, 2.05) is 18.2 Å². The first-order chi connectivity index (χ1) is 10.1. The second-order valence-corrected chi connectivity index (χ2v) is 5.04. The van der Waals surface area contributed by atoms with Crippen LogP contribution in [0.25, 0.3) is 11.6 Å². The Morgan fingerprint density at radius 1 is 1.00 bits per heavy atom. The van der Waals surface area contributed by atoms with Gasteiger partial charge in [0.1, 0.15) is 0 Å². The molecule has 3 heteroatoms. The van der Waals surface area contributed by atoms with Crippen LogP contribution >= 0.6 is 0 Å². The molecule has 0 saturated heterocycles. The predicted molar refractivity (Wildman–Crippen MR) is 90.2 cm³/mol. The molecule has 0 fully saturated rings. The van der Waals surface area contributed by atoms with Crippen molar-refractivity contribution in [2.45, 2.75) is 12.8 Å². The van der Waals surface area contributed by atoms with E-state index in [9.17, 15) is 0 Å². The van der Waals surface area contributed by atoms with Crippen molar-refractivity contribution >= 4 is 24.2 Å². The molecule has 0 aromatic heterocycles. The van der Waals surface area contributed by atoms with Crippen molar-refractivity contribution in [1.82, 2.24) is 0 Å². The topological polar surface area (TPSA) is 40.5 Å². The molecule has 2 aromatic carbocycles. The summed E-state index contributed by atoms with van der Waals surface area (Å²) >= 11 is 0. The summed E-state index contributed by atoms with van der Waals surface area (Å²) in [4.78, 5) is 0. The number of allylic oxidation sites excluding steroid dienone is 1. The largest absolute Gasteiger partial charge is 0.488 e. The molecular weight excluding hydrogens is 259 g/mol. The van der Waals surface area contributed by atoms with Gasteiger partial charge in [-0.05, 0) is 40.6 Å². The van der Waals surface area contributed by atoms with Gasteiger partial charge >= 0.3 is 7.12 Å². The van der Waals surface area contributed by atoms with Gasteiger partial charge in [-0.25, -0.2) is 0 Å². The van der Waals surface area contributed by atoms with E-state index in [2.05, 4.69) is 37.4 Å². The van der Waals surface area contributed by atoms with E-state index in [4.69, 9.17) is 10.0 Å². The van der Waals surface area contributed by atoms with E-state index >= 15 is 0 Å². The number of rotatable bonds is 6. The molecule has 0 heterocycles. The van der Waals surface area contributed by atoms with Crippen molar-refractivity contribution in [3.8, 4) is 0 Å². The lowest BCUT2D eigenvalue weighted by Gasteiger charge is -2.08. The highest BCUT2D eigenvalue weighted by Gasteiger charge is 2.10. The van der Waals surface area contributed by atoms with Gasteiger partial charge in [-0.3, -0.25) is 0 Å². The van der Waals surface area contributed by atoms with Crippen LogP contribution in [0.1, 0.15) is 23.1 Å². The molecule has 0 amide bonds. The van der Waals surface area contributed by atoms with E-state index in [-0.39, 0.29) is 0 Å². The van der Waals surface area contributed by atoms with Crippen molar-refractivity contribution in [1.29, 1.82) is 0 Å². The zero-order valence-electron chi connectivity index (χ0n) is 12.0. The zero-order valence-corrected chi connectivity index (χ0v) is 12.0. The van der Waals surface area contributed by atoms with Crippen molar-refractivity contribution in [2.75, 3.05) is 0 Å². The molecule has 0 aliphatic carbocycles. The maximum atomic E-state index is 9.07. The first-order valence-electron chi connectivity index (χ1n) is 6.96. The summed E-state index contributed by atoms with van der Waals surface area (Å²) in [5, 5.41) is 18.1. The van der Waals surface area contributed by atoms with Crippen LogP contribution in [0.2, 0.25) is 0 Å². The molecule has 2 aromatic rings. The van der Waals surface area contributed by atoms with Crippen molar-refractivity contribution in [3.63, 3.8) is 0 Å². The van der Waals surface area contributed by atoms with Gasteiger partial charge in [0.15, 0.2) is 0 Å². The summed E-state index contributed by atoms with van der Waals surface area (Å²) in [6.45, 7) is 7.85. The van der Waals surface area contributed by atoms with Crippen molar-refractivity contribution in [2.24, 2.45) is 0 Å². The molecule has 0 atom stereocenters. The smallest absolute Gasteiger partial charge is 0.423 e. The maximum absolute atomic E-state index is 9.07. The molecule has 2 N–H and O–H groups in total. The number of hydrogen-bond acceptors (Lipinski definition) is 2. The number of benzene rings is 2. The first-order valence-corrected chi connectivity index (χ1v) is 6.96. The average molecular weight is 278 g/mol. The third-order valence-electron chi connectivity index (χ3n) is 3.55. The summed E-state index contributed by atoms with van der Waals surface area (Å²) in [6.07, 6.45) is 3.63. The summed E-state index contributed by atoms with van der Waals surface area (Å²) in [7, 11) is -1.42. The molecule has 0 saturated carbocycles. The van der Waals surface area contributed by atoms with E-state index < -0.39 is 7.12 Å². The molecule has 0 aliphatic heterocycles. The first kappa shape index (κ1) is 15.3. The highest BCUT2D eigenvalue weighted by Crippen LogP contribution is 2.18. The Bertz CT molecular complexity index is 613. The van der Waals surface area contributed by atoms with Gasteiger partial charge in [-0.2, -0.15) is 0 Å². The second kappa shape index (κ2) is 7.07. The Hall–Kier alpha value is -2.10. The van der Waals surface area contributed by atoms with Gasteiger partial charge in [0.25, 0.3) is 0 Å². The quantitative estimate of drug-likeness (QED) is 0.797. The average Bonchev–Trinajstić information content (AvgIpc) is 2.53. The number of aryl methyl sites for hydroxylation is 1. The van der Waals surface area contributed by atoms with Gasteiger partial charge in [0.2, 0.25) is 0 Å². The van der Waals surface area contributed by atoms with Crippen LogP contribution in [0.4, 0.5) is 0 Å². The minimum absolute atomic E-state index is 0.492. The molecule has 0 bridgehead atoms. The number of hydrogen-bond donors (Lipinski definition) is 2. The third-order valence-corrected chi connectivity index (χ3v) is 3.55. The molecule has 0 aliphatic rings. The molecule has 0 unspecified atom stereocenters. The minimum Gasteiger partial charge on any atom is -0.423 e. The van der Waals surface area contributed by atoms with Gasteiger partial charge in [-0.1, -0.05) is 67.8 Å². The van der Waals surface area contributed by atoms with E-state index in [0.717, 1.165) is 29.5 Å². The zero-order chi connectivity index (χ0) is 15.2. The molecule has 0 spiro atoms. The van der Waals surface area contributed by atoms with Crippen molar-refractivity contribution < 1.29 is 10.0 Å². The van der Waals surface area contributed by atoms with Gasteiger partial charge in [-0.15, -0.1) is 0 Å². The highest BCUT2D eigenvalue weighted by atomic mass is 16.4. The molecule has 0 radical (unpaired) electrons. The van der Waals surface area contributed by atoms with Crippen LogP contribution in [0.3, 0.4) is 0 Å². The van der Waals surface area contributed by atoms with Crippen LogP contribution in [0.15, 0.2) is 61.7 Å². The van der Waals surface area contributed by atoms with Crippen molar-refractivity contribution in [3.05, 3.63) is 78.4 Å². The van der Waals surface area contributed by atoms with E-state index in [1.165, 1.54) is 5.56 Å². The van der Waals surface area contributed by atoms with E-state index in [1.54, 1.807) is 12.1 Å². The Kier molecular flexibility index (Phi) is 5.15. The van der Waals surface area contributed by atoms with Gasteiger partial charge < -0.3 is 10.0 Å². The van der Waals surface area contributed by atoms with Crippen LogP contribution in [0, 0.1) is 0 Å². The van der Waals surface area contributed by atoms with E-state index in [0.29, 0.717) is 5.46 Å². The monoisotopic (exact) mass is 278 g/mol. The fourth-order valence-corrected chi connectivity index (χ4v) is 2.15. The molecule has 2 rings (SSSR count). The molecule has 2 nitrogen and oxygen atoms in total. The molecular formula is C18H19BO2. The predicted octanol–water partition coefficient (Wildman–Crippen LogP) is 2.66. The SMILES string of the molecule is C=Cc1ccc(CCC(=C)c2ccc(B(O)O)cc2)cc1. The lowest BCUT2D eigenvalue weighted by molar-refractivity contribution is 0.426. The lowest BCUT2D eigenvalue weighted by Crippen LogP contribution is -2.29. The fourth-order valence-electron chi connectivity index (χ4n) is 2.15. The maximum Gasteiger partial charge on any atom is 0.488 e. The normalized spacial score (nSPS) is 10.2. The minimum atomic E-state index is -1.42. The Labute approximate surface area is 126 Å². The Morgan fingerprint density at radius 3 is 2.14 bits per heavy atom. The molecule has 106 valence electrons. The summed E-state index contributed by atoms with van der Waals surface area (Å²) in [5.41, 5.74) is 4.95. The van der Waals surface area contributed by atoms with Crippen LogP contribution in [-0.4, -0.2) is 17.2 Å². The van der Waals surface area contributed by atoms with Gasteiger partial charge in [0, 0.05) is 0 Å². The highest BCUT2D eigenvalue weighted by molar-refractivity contribution is 6.58. The van der Waals surface area contributed by atoms with Gasteiger partial charge in [0.05, 0.1) is 0 Å². The third kappa shape index (κ3) is 4.18. The lowest BCUT2D eigenvalue weighted by atomic mass is 9.79. The van der Waals surface area contributed by atoms with Crippen LogP contribution in [0.5, 0.6) is 0 Å². The van der Waals surface area contributed by atoms with Crippen LogP contribution < -0.4 is 5.46 Å². The summed E-state index contributed by atoms with van der Waals surface area (Å²) < 4.78 is 0. The molecule has 21 heavy (non-hydrogen) atoms. The Morgan fingerprint density at radius 2 is 1.62 bits per heavy atom. The second-order valence-electron chi connectivity index (χ2n) is 5.04. The van der Waals surface area contributed by atoms with Crippen LogP contribution in [-0.2, 0) is 6.42 Å².